The third-order valence-electron chi connectivity index (χ3n) is 4.13. The predicted molar refractivity (Wildman–Crippen MR) is 112 cm³/mol. The molecule has 158 valence electrons. The van der Waals surface area contributed by atoms with Gasteiger partial charge in [0.05, 0.1) is 23.8 Å². The van der Waals surface area contributed by atoms with Crippen LogP contribution in [0.4, 0.5) is 0 Å². The van der Waals surface area contributed by atoms with Crippen molar-refractivity contribution in [3.63, 3.8) is 0 Å². The third kappa shape index (κ3) is 4.81. The molecular weight excluding hydrogens is 432 g/mol. The molecule has 0 fully saturated rings. The van der Waals surface area contributed by atoms with Gasteiger partial charge in [0.15, 0.2) is 5.76 Å². The molecule has 0 amide bonds. The van der Waals surface area contributed by atoms with Crippen molar-refractivity contribution < 1.29 is 27.5 Å². The molecule has 0 atom stereocenters. The molecule has 1 aromatic carbocycles. The fourth-order valence-corrected chi connectivity index (χ4v) is 3.82. The van der Waals surface area contributed by atoms with Gasteiger partial charge in [-0.25, -0.2) is 22.9 Å². The first-order chi connectivity index (χ1) is 14.2. The summed E-state index contributed by atoms with van der Waals surface area (Å²) in [4.78, 5) is 16.2. The minimum atomic E-state index is -3.73. The highest BCUT2D eigenvalue weighted by Crippen LogP contribution is 2.27. The summed E-state index contributed by atoms with van der Waals surface area (Å²) in [5.41, 5.74) is 0.489. The van der Waals surface area contributed by atoms with Crippen LogP contribution in [0.1, 0.15) is 25.4 Å². The lowest BCUT2D eigenvalue weighted by molar-refractivity contribution is -0.138. The first kappa shape index (κ1) is 21.8. The fourth-order valence-electron chi connectivity index (χ4n) is 2.70. The smallest absolute Gasteiger partial charge is 0.343 e. The van der Waals surface area contributed by atoms with Gasteiger partial charge in [-0.3, -0.25) is 0 Å². The molecule has 0 unspecified atom stereocenters. The minimum absolute atomic E-state index is 0.00519. The van der Waals surface area contributed by atoms with Gasteiger partial charge in [0, 0.05) is 11.1 Å². The van der Waals surface area contributed by atoms with Crippen molar-refractivity contribution in [2.75, 3.05) is 6.61 Å². The molecule has 0 saturated carbocycles. The van der Waals surface area contributed by atoms with Crippen LogP contribution in [0.25, 0.3) is 6.08 Å². The molecule has 1 aromatic heterocycles. The molecule has 0 saturated heterocycles. The van der Waals surface area contributed by atoms with E-state index in [1.807, 2.05) is 0 Å². The molecule has 2 heterocycles. The largest absolute Gasteiger partial charge is 0.505 e. The Hall–Kier alpha value is -2.88. The Kier molecular flexibility index (Phi) is 6.45. The highest BCUT2D eigenvalue weighted by molar-refractivity contribution is 7.89. The molecule has 2 N–H and O–H groups in total. The number of carbonyl (C=O) groups excluding carboxylic acids is 1. The Balaban J connectivity index is 1.72. The number of esters is 1. The topological polar surface area (TPSA) is 118 Å². The average molecular weight is 451 g/mol. The lowest BCUT2D eigenvalue weighted by Crippen LogP contribution is -2.22. The van der Waals surface area contributed by atoms with E-state index in [1.165, 1.54) is 30.3 Å². The van der Waals surface area contributed by atoms with Gasteiger partial charge < -0.3 is 14.3 Å². The molecule has 0 bridgehead atoms. The Morgan fingerprint density at radius 3 is 2.63 bits per heavy atom. The van der Waals surface area contributed by atoms with E-state index >= 15 is 0 Å². The van der Waals surface area contributed by atoms with Crippen LogP contribution in [0, 0.1) is 0 Å². The van der Waals surface area contributed by atoms with Gasteiger partial charge >= 0.3 is 5.97 Å². The van der Waals surface area contributed by atoms with Crippen molar-refractivity contribution in [2.45, 2.75) is 25.3 Å². The van der Waals surface area contributed by atoms with Crippen molar-refractivity contribution in [3.8, 4) is 0 Å². The summed E-state index contributed by atoms with van der Waals surface area (Å²) in [5, 5.41) is 10.7. The van der Waals surface area contributed by atoms with Crippen LogP contribution < -0.4 is 4.72 Å². The zero-order chi connectivity index (χ0) is 21.9. The number of aliphatic hydroxyl groups excluding tert-OH is 1. The zero-order valence-electron chi connectivity index (χ0n) is 16.2. The van der Waals surface area contributed by atoms with Crippen LogP contribution in [0.2, 0.25) is 5.02 Å². The second kappa shape index (κ2) is 8.86. The fraction of sp³-hybridized carbons (Fsp3) is 0.200. The van der Waals surface area contributed by atoms with E-state index in [1.54, 1.807) is 26.0 Å². The number of benzene rings is 1. The predicted octanol–water partition coefficient (Wildman–Crippen LogP) is 3.60. The first-order valence-electron chi connectivity index (χ1n) is 8.93. The van der Waals surface area contributed by atoms with E-state index in [4.69, 9.17) is 20.8 Å². The molecule has 10 heteroatoms. The number of sulfonamides is 1. The summed E-state index contributed by atoms with van der Waals surface area (Å²) >= 11 is 5.78. The van der Waals surface area contributed by atoms with Gasteiger partial charge in [-0.15, -0.1) is 0 Å². The quantitative estimate of drug-likeness (QED) is 0.622. The standard InChI is InChI=1S/C20H19ClN2O6S/c1-3-28-20(25)18-12(2)23-17(19(18)24)10-14-6-7-15(29-14)11-22-30(26,27)16-8-4-13(21)5-9-16/h4-10,22,24H,3,11H2,1-2H3/b17-10+. The van der Waals surface area contributed by atoms with Crippen LogP contribution in [0.15, 0.2) is 67.7 Å². The van der Waals surface area contributed by atoms with Gasteiger partial charge in [-0.1, -0.05) is 11.6 Å². The maximum atomic E-state index is 12.3. The van der Waals surface area contributed by atoms with Crippen molar-refractivity contribution in [3.05, 3.63) is 70.0 Å². The summed E-state index contributed by atoms with van der Waals surface area (Å²) in [6.07, 6.45) is 1.45. The maximum absolute atomic E-state index is 12.3. The van der Waals surface area contributed by atoms with Gasteiger partial charge in [0.1, 0.15) is 22.8 Å². The summed E-state index contributed by atoms with van der Waals surface area (Å²) in [6, 6.07) is 8.97. The number of rotatable bonds is 7. The van der Waals surface area contributed by atoms with E-state index in [0.717, 1.165) is 0 Å². The van der Waals surface area contributed by atoms with Crippen molar-refractivity contribution in [2.24, 2.45) is 4.99 Å². The molecular formula is C20H19ClN2O6S. The molecule has 3 rings (SSSR count). The Labute approximate surface area is 178 Å². The average Bonchev–Trinajstić information content (AvgIpc) is 3.25. The molecule has 8 nitrogen and oxygen atoms in total. The summed E-state index contributed by atoms with van der Waals surface area (Å²) in [5.74, 6) is -0.269. The van der Waals surface area contributed by atoms with Crippen molar-refractivity contribution in [1.82, 2.24) is 4.72 Å². The van der Waals surface area contributed by atoms with E-state index in [0.29, 0.717) is 22.3 Å². The van der Waals surface area contributed by atoms with Crippen LogP contribution in [0.5, 0.6) is 0 Å². The maximum Gasteiger partial charge on any atom is 0.343 e. The summed E-state index contributed by atoms with van der Waals surface area (Å²) < 4.78 is 37.6. The number of aliphatic imine (C=N–C) groups is 1. The lowest BCUT2D eigenvalue weighted by Gasteiger charge is -2.05. The van der Waals surface area contributed by atoms with Gasteiger partial charge in [-0.05, 0) is 50.2 Å². The number of aliphatic hydroxyl groups is 1. The molecule has 1 aliphatic rings. The number of hydrogen-bond donors (Lipinski definition) is 2. The highest BCUT2D eigenvalue weighted by atomic mass is 35.5. The number of halogens is 1. The van der Waals surface area contributed by atoms with Gasteiger partial charge in [0.2, 0.25) is 10.0 Å². The van der Waals surface area contributed by atoms with E-state index in [9.17, 15) is 18.3 Å². The van der Waals surface area contributed by atoms with Crippen LogP contribution in [-0.4, -0.2) is 31.8 Å². The Morgan fingerprint density at radius 2 is 1.97 bits per heavy atom. The number of nitrogens with zero attached hydrogens (tertiary/aromatic N) is 1. The monoisotopic (exact) mass is 450 g/mol. The second-order valence-corrected chi connectivity index (χ2v) is 8.46. The number of ether oxygens (including phenoxy) is 1. The normalized spacial score (nSPS) is 15.6. The zero-order valence-corrected chi connectivity index (χ0v) is 17.7. The summed E-state index contributed by atoms with van der Waals surface area (Å²) in [6.45, 7) is 3.35. The van der Waals surface area contributed by atoms with E-state index in [-0.39, 0.29) is 35.1 Å². The molecule has 1 aliphatic heterocycles. The highest BCUT2D eigenvalue weighted by Gasteiger charge is 2.27. The van der Waals surface area contributed by atoms with Crippen molar-refractivity contribution >= 4 is 39.4 Å². The molecule has 0 radical (unpaired) electrons. The van der Waals surface area contributed by atoms with Gasteiger partial charge in [-0.2, -0.15) is 0 Å². The molecule has 0 spiro atoms. The second-order valence-electron chi connectivity index (χ2n) is 6.25. The molecule has 0 aliphatic carbocycles. The van der Waals surface area contributed by atoms with Crippen LogP contribution >= 0.6 is 11.6 Å². The number of hydrogen-bond acceptors (Lipinski definition) is 7. The van der Waals surface area contributed by atoms with E-state index in [2.05, 4.69) is 9.71 Å². The minimum Gasteiger partial charge on any atom is -0.505 e. The van der Waals surface area contributed by atoms with Crippen LogP contribution in [-0.2, 0) is 26.1 Å². The molecule has 2 aromatic rings. The van der Waals surface area contributed by atoms with E-state index < -0.39 is 16.0 Å². The Morgan fingerprint density at radius 1 is 1.27 bits per heavy atom. The molecule has 30 heavy (non-hydrogen) atoms. The van der Waals surface area contributed by atoms with Crippen molar-refractivity contribution in [1.29, 1.82) is 0 Å². The SMILES string of the molecule is CCOC(=O)C1=C(O)/C(=C\c2ccc(CNS(=O)(=O)c3ccc(Cl)cc3)o2)N=C1C. The lowest BCUT2D eigenvalue weighted by atomic mass is 10.1. The van der Waals surface area contributed by atoms with Crippen LogP contribution in [0.3, 0.4) is 0 Å². The number of nitrogens with one attached hydrogen (secondary N) is 1. The van der Waals surface area contributed by atoms with Gasteiger partial charge in [0.25, 0.3) is 0 Å². The number of carbonyl (C=O) groups is 1. The first-order valence-corrected chi connectivity index (χ1v) is 10.8. The third-order valence-corrected chi connectivity index (χ3v) is 5.80. The number of furan rings is 1. The summed E-state index contributed by atoms with van der Waals surface area (Å²) in [7, 11) is -3.73. The Bertz CT molecular complexity index is 1160.